The van der Waals surface area contributed by atoms with Crippen LogP contribution in [0.25, 0.3) is 22.5 Å². The summed E-state index contributed by atoms with van der Waals surface area (Å²) >= 11 is 6.08. The van der Waals surface area contributed by atoms with Crippen LogP contribution in [0.1, 0.15) is 29.5 Å². The highest BCUT2D eigenvalue weighted by atomic mass is 35.5. The number of amides is 1. The number of nitrogens with zero attached hydrogens (tertiary/aromatic N) is 2. The molecule has 0 aliphatic heterocycles. The van der Waals surface area contributed by atoms with Gasteiger partial charge in [-0.15, -0.1) is 0 Å². The van der Waals surface area contributed by atoms with E-state index < -0.39 is 11.9 Å². The summed E-state index contributed by atoms with van der Waals surface area (Å²) in [6.45, 7) is 1.63. The predicted octanol–water partition coefficient (Wildman–Crippen LogP) is 4.76. The van der Waals surface area contributed by atoms with Crippen LogP contribution in [0.15, 0.2) is 34.9 Å². The minimum absolute atomic E-state index is 0.155. The summed E-state index contributed by atoms with van der Waals surface area (Å²) in [6.07, 6.45) is 0.364. The van der Waals surface area contributed by atoms with Gasteiger partial charge in [0.05, 0.1) is 11.6 Å². The van der Waals surface area contributed by atoms with Crippen LogP contribution in [0, 0.1) is 12.7 Å². The van der Waals surface area contributed by atoms with Crippen molar-refractivity contribution in [2.75, 3.05) is 0 Å². The highest BCUT2D eigenvalue weighted by Crippen LogP contribution is 2.39. The number of hydrogen-bond acceptors (Lipinski definition) is 4. The molecule has 27 heavy (non-hydrogen) atoms. The zero-order chi connectivity index (χ0) is 19.1. The average Bonchev–Trinajstić information content (AvgIpc) is 3.20. The zero-order valence-electron chi connectivity index (χ0n) is 14.3. The zero-order valence-corrected chi connectivity index (χ0v) is 15.0. The summed E-state index contributed by atoms with van der Waals surface area (Å²) in [4.78, 5) is 15.1. The lowest BCUT2D eigenvalue weighted by Gasteiger charge is -2.13. The molecule has 1 aliphatic rings. The lowest BCUT2D eigenvalue weighted by Crippen LogP contribution is -2.24. The number of aryl methyl sites for hydroxylation is 2. The van der Waals surface area contributed by atoms with Gasteiger partial charge < -0.3 is 14.9 Å². The topological polar surface area (TPSA) is 88.2 Å². The van der Waals surface area contributed by atoms with Crippen molar-refractivity contribution in [2.45, 2.75) is 25.8 Å². The number of carbonyl (C=O) groups is 1. The Morgan fingerprint density at radius 2 is 2.19 bits per heavy atom. The number of nitrogens with one attached hydrogen (secondary N) is 1. The molecule has 1 atom stereocenters. The maximum atomic E-state index is 14.7. The molecule has 2 aromatic carbocycles. The van der Waals surface area contributed by atoms with Gasteiger partial charge in [-0.25, -0.2) is 9.18 Å². The van der Waals surface area contributed by atoms with Gasteiger partial charge in [-0.05, 0) is 47.2 Å². The molecular weight excluding hydrogens is 373 g/mol. The van der Waals surface area contributed by atoms with E-state index in [9.17, 15) is 9.18 Å². The second-order valence-corrected chi connectivity index (χ2v) is 6.84. The molecule has 4 rings (SSSR count). The van der Waals surface area contributed by atoms with E-state index in [0.717, 1.165) is 23.1 Å². The lowest BCUT2D eigenvalue weighted by molar-refractivity contribution is 0.190. The largest absolute Gasteiger partial charge is 0.465 e. The van der Waals surface area contributed by atoms with Gasteiger partial charge in [0.1, 0.15) is 5.82 Å². The van der Waals surface area contributed by atoms with E-state index in [0.29, 0.717) is 17.9 Å². The van der Waals surface area contributed by atoms with Crippen LogP contribution in [0.2, 0.25) is 5.02 Å². The molecule has 1 heterocycles. The molecular formula is C19H15ClFN3O3. The van der Waals surface area contributed by atoms with Gasteiger partial charge in [-0.3, -0.25) is 0 Å². The molecule has 6 nitrogen and oxygen atoms in total. The van der Waals surface area contributed by atoms with E-state index in [2.05, 4.69) is 15.5 Å². The van der Waals surface area contributed by atoms with Crippen molar-refractivity contribution in [3.05, 3.63) is 58.2 Å². The Morgan fingerprint density at radius 1 is 1.37 bits per heavy atom. The number of rotatable bonds is 3. The minimum Gasteiger partial charge on any atom is -0.465 e. The van der Waals surface area contributed by atoms with Crippen molar-refractivity contribution in [1.29, 1.82) is 0 Å². The number of hydrogen-bond donors (Lipinski definition) is 2. The van der Waals surface area contributed by atoms with E-state index >= 15 is 0 Å². The molecule has 0 spiro atoms. The van der Waals surface area contributed by atoms with E-state index in [4.69, 9.17) is 21.2 Å². The standard InChI is InChI=1S/C19H15ClFN3O3/c1-9-22-18(24-27-9)17-14(7-12(20)8-15(17)21)11-2-4-13-10(6-11)3-5-16(13)23-19(25)26/h2,4,6-8,16,23H,3,5H2,1H3,(H,25,26)/t16-/m0/s1. The highest BCUT2D eigenvalue weighted by Gasteiger charge is 2.25. The van der Waals surface area contributed by atoms with Crippen LogP contribution in [-0.4, -0.2) is 21.3 Å². The SMILES string of the molecule is Cc1nc(-c2c(F)cc(Cl)cc2-c2ccc3c(c2)CC[C@@H]3NC(=O)O)no1. The number of carboxylic acid groups (broad SMARTS) is 1. The van der Waals surface area contributed by atoms with Gasteiger partial charge in [-0.1, -0.05) is 35.0 Å². The molecule has 1 aliphatic carbocycles. The summed E-state index contributed by atoms with van der Waals surface area (Å²) < 4.78 is 19.7. The molecule has 3 aromatic rings. The van der Waals surface area contributed by atoms with Crippen LogP contribution in [0.4, 0.5) is 9.18 Å². The maximum absolute atomic E-state index is 14.7. The average molecular weight is 388 g/mol. The summed E-state index contributed by atoms with van der Waals surface area (Å²) in [5.41, 5.74) is 3.47. The van der Waals surface area contributed by atoms with Crippen LogP contribution in [-0.2, 0) is 6.42 Å². The first kappa shape index (κ1) is 17.5. The highest BCUT2D eigenvalue weighted by molar-refractivity contribution is 6.31. The smallest absolute Gasteiger partial charge is 0.405 e. The Hall–Kier alpha value is -2.93. The van der Waals surface area contributed by atoms with Crippen molar-refractivity contribution in [3.63, 3.8) is 0 Å². The second-order valence-electron chi connectivity index (χ2n) is 6.40. The quantitative estimate of drug-likeness (QED) is 0.676. The Morgan fingerprint density at radius 3 is 2.89 bits per heavy atom. The Bertz CT molecular complexity index is 1050. The van der Waals surface area contributed by atoms with Crippen LogP contribution in [0.3, 0.4) is 0 Å². The van der Waals surface area contributed by atoms with E-state index in [1.807, 2.05) is 18.2 Å². The van der Waals surface area contributed by atoms with Crippen LogP contribution in [0.5, 0.6) is 0 Å². The monoisotopic (exact) mass is 387 g/mol. The van der Waals surface area contributed by atoms with Crippen LogP contribution >= 0.6 is 11.6 Å². The minimum atomic E-state index is -1.05. The summed E-state index contributed by atoms with van der Waals surface area (Å²) in [5, 5.41) is 15.6. The van der Waals surface area contributed by atoms with Gasteiger partial charge in [0.2, 0.25) is 11.7 Å². The fraction of sp³-hybridized carbons (Fsp3) is 0.211. The van der Waals surface area contributed by atoms with Crippen molar-refractivity contribution < 1.29 is 18.8 Å². The summed E-state index contributed by atoms with van der Waals surface area (Å²) in [5.74, 6) is -0.0476. The molecule has 0 radical (unpaired) electrons. The second kappa shape index (κ2) is 6.66. The number of fused-ring (bicyclic) bond motifs is 1. The van der Waals surface area contributed by atoms with Crippen molar-refractivity contribution in [1.82, 2.24) is 15.5 Å². The van der Waals surface area contributed by atoms with Crippen molar-refractivity contribution in [2.24, 2.45) is 0 Å². The first-order valence-electron chi connectivity index (χ1n) is 8.35. The van der Waals surface area contributed by atoms with Gasteiger partial charge in [0.15, 0.2) is 0 Å². The molecule has 8 heteroatoms. The van der Waals surface area contributed by atoms with E-state index in [1.165, 1.54) is 6.07 Å². The normalized spacial score (nSPS) is 15.6. The fourth-order valence-electron chi connectivity index (χ4n) is 3.51. The molecule has 2 N–H and O–H groups in total. The summed E-state index contributed by atoms with van der Waals surface area (Å²) in [7, 11) is 0. The number of halogens is 2. The molecule has 0 saturated heterocycles. The van der Waals surface area contributed by atoms with Gasteiger partial charge in [0, 0.05) is 11.9 Å². The molecule has 1 amide bonds. The predicted molar refractivity (Wildman–Crippen MR) is 97.1 cm³/mol. The maximum Gasteiger partial charge on any atom is 0.405 e. The van der Waals surface area contributed by atoms with Gasteiger partial charge in [0.25, 0.3) is 0 Å². The number of aromatic nitrogens is 2. The molecule has 0 unspecified atom stereocenters. The molecule has 0 saturated carbocycles. The Labute approximate surface area is 159 Å². The Balaban J connectivity index is 1.82. The van der Waals surface area contributed by atoms with Crippen molar-refractivity contribution >= 4 is 17.7 Å². The fourth-order valence-corrected chi connectivity index (χ4v) is 3.72. The molecule has 138 valence electrons. The Kier molecular flexibility index (Phi) is 4.31. The van der Waals surface area contributed by atoms with E-state index in [1.54, 1.807) is 13.0 Å². The van der Waals surface area contributed by atoms with Gasteiger partial charge >= 0.3 is 6.09 Å². The molecule has 0 fully saturated rings. The van der Waals surface area contributed by atoms with E-state index in [-0.39, 0.29) is 22.5 Å². The van der Waals surface area contributed by atoms with Crippen molar-refractivity contribution in [3.8, 4) is 22.5 Å². The summed E-state index contributed by atoms with van der Waals surface area (Å²) in [6, 6.07) is 8.26. The lowest BCUT2D eigenvalue weighted by atomic mass is 9.95. The first-order chi connectivity index (χ1) is 12.9. The first-order valence-corrected chi connectivity index (χ1v) is 8.72. The number of benzene rings is 2. The molecule has 0 bridgehead atoms. The third kappa shape index (κ3) is 3.26. The third-order valence-corrected chi connectivity index (χ3v) is 4.85. The van der Waals surface area contributed by atoms with Crippen LogP contribution < -0.4 is 5.32 Å². The van der Waals surface area contributed by atoms with Gasteiger partial charge in [-0.2, -0.15) is 4.98 Å². The molecule has 1 aromatic heterocycles. The third-order valence-electron chi connectivity index (χ3n) is 4.64.